The van der Waals surface area contributed by atoms with Crippen LogP contribution in [0, 0.1) is 0 Å². The summed E-state index contributed by atoms with van der Waals surface area (Å²) >= 11 is 0. The molecular formula is C6H9FO2. The minimum Gasteiger partial charge on any atom is -0.435 e. The van der Waals surface area contributed by atoms with Crippen molar-refractivity contribution in [2.45, 2.75) is 6.92 Å². The molecule has 3 heteroatoms. The number of ether oxygens (including phenoxy) is 1. The fourth-order valence-electron chi connectivity index (χ4n) is 0.117. The number of esters is 1. The van der Waals surface area contributed by atoms with Crippen LogP contribution < -0.4 is 0 Å². The normalized spacial score (nSPS) is 6.00. The van der Waals surface area contributed by atoms with E-state index < -0.39 is 0 Å². The Balaban J connectivity index is 0. The zero-order valence-corrected chi connectivity index (χ0v) is 5.26. The van der Waals surface area contributed by atoms with Crippen molar-refractivity contribution in [3.05, 3.63) is 25.7 Å². The Kier molecular flexibility index (Phi) is 12.0. The van der Waals surface area contributed by atoms with Crippen molar-refractivity contribution >= 4 is 5.97 Å². The highest BCUT2D eigenvalue weighted by Crippen LogP contribution is 1.70. The van der Waals surface area contributed by atoms with Gasteiger partial charge in [0.2, 0.25) is 0 Å². The standard InChI is InChI=1S/C4H6O2.C2H3F/c1-3-6-4(2)5;1-2-3/h3H,1H2,2H3;2H,1H2. The number of rotatable bonds is 1. The van der Waals surface area contributed by atoms with Gasteiger partial charge in [0.25, 0.3) is 0 Å². The highest BCUT2D eigenvalue weighted by molar-refractivity contribution is 5.66. The summed E-state index contributed by atoms with van der Waals surface area (Å²) in [4.78, 5) is 9.75. The van der Waals surface area contributed by atoms with Crippen LogP contribution in [0.25, 0.3) is 0 Å². The van der Waals surface area contributed by atoms with Crippen LogP contribution in [-0.4, -0.2) is 5.97 Å². The molecule has 0 saturated heterocycles. The van der Waals surface area contributed by atoms with Crippen LogP contribution in [0.2, 0.25) is 0 Å². The minimum atomic E-state index is -0.329. The molecule has 0 unspecified atom stereocenters. The van der Waals surface area contributed by atoms with E-state index in [0.717, 1.165) is 6.26 Å². The van der Waals surface area contributed by atoms with Crippen molar-refractivity contribution in [2.24, 2.45) is 0 Å². The van der Waals surface area contributed by atoms with Gasteiger partial charge in [0, 0.05) is 6.92 Å². The maximum absolute atomic E-state index is 10.1. The largest absolute Gasteiger partial charge is 0.435 e. The van der Waals surface area contributed by atoms with Gasteiger partial charge in [0.15, 0.2) is 0 Å². The van der Waals surface area contributed by atoms with Gasteiger partial charge in [0.05, 0.1) is 12.6 Å². The number of hydrogen-bond donors (Lipinski definition) is 0. The molecule has 0 saturated carbocycles. The average Bonchev–Trinajstić information content (AvgIpc) is 1.67. The van der Waals surface area contributed by atoms with E-state index in [1.165, 1.54) is 6.92 Å². The summed E-state index contributed by atoms with van der Waals surface area (Å²) in [6.07, 6.45) is 1.35. The fraction of sp³-hybridized carbons (Fsp3) is 0.167. The fourth-order valence-corrected chi connectivity index (χ4v) is 0.117. The first-order valence-electron chi connectivity index (χ1n) is 2.18. The van der Waals surface area contributed by atoms with Gasteiger partial charge in [-0.05, 0) is 0 Å². The summed E-state index contributed by atoms with van der Waals surface area (Å²) in [5, 5.41) is 0. The third kappa shape index (κ3) is 46.4. The summed E-state index contributed by atoms with van der Waals surface area (Å²) in [7, 11) is 0. The van der Waals surface area contributed by atoms with Gasteiger partial charge >= 0.3 is 5.97 Å². The van der Waals surface area contributed by atoms with E-state index in [9.17, 15) is 9.18 Å². The monoisotopic (exact) mass is 132 g/mol. The molecule has 0 aromatic carbocycles. The Morgan fingerprint density at radius 1 is 1.67 bits per heavy atom. The molecule has 0 fully saturated rings. The van der Waals surface area contributed by atoms with Crippen molar-refractivity contribution in [3.8, 4) is 0 Å². The molecule has 0 aromatic heterocycles. The SMILES string of the molecule is C=CF.C=COC(C)=O. The van der Waals surface area contributed by atoms with Crippen molar-refractivity contribution in [3.63, 3.8) is 0 Å². The zero-order chi connectivity index (χ0) is 7.70. The van der Waals surface area contributed by atoms with E-state index >= 15 is 0 Å². The average molecular weight is 132 g/mol. The molecule has 0 radical (unpaired) electrons. The summed E-state index contributed by atoms with van der Waals surface area (Å²) in [5.41, 5.74) is 0. The molecule has 0 heterocycles. The van der Waals surface area contributed by atoms with Crippen LogP contribution in [-0.2, 0) is 9.53 Å². The molecule has 0 atom stereocenters. The molecule has 0 rings (SSSR count). The Labute approximate surface area is 53.6 Å². The highest BCUT2D eigenvalue weighted by Gasteiger charge is 1.79. The second kappa shape index (κ2) is 9.99. The van der Waals surface area contributed by atoms with Crippen LogP contribution in [0.1, 0.15) is 6.92 Å². The van der Waals surface area contributed by atoms with Gasteiger partial charge in [-0.1, -0.05) is 13.2 Å². The Bertz CT molecular complexity index is 99.2. The molecule has 0 aliphatic heterocycles. The maximum atomic E-state index is 10.1. The smallest absolute Gasteiger partial charge is 0.307 e. The van der Waals surface area contributed by atoms with Crippen LogP contribution in [0.4, 0.5) is 4.39 Å². The Hall–Kier alpha value is -1.12. The van der Waals surface area contributed by atoms with Gasteiger partial charge in [0.1, 0.15) is 0 Å². The first-order chi connectivity index (χ1) is 4.18. The van der Waals surface area contributed by atoms with Crippen LogP contribution in [0.3, 0.4) is 0 Å². The first-order valence-corrected chi connectivity index (χ1v) is 2.18. The molecule has 0 aromatic rings. The summed E-state index contributed by atoms with van der Waals surface area (Å²) in [6.45, 7) is 7.17. The van der Waals surface area contributed by atoms with Crippen LogP contribution in [0.15, 0.2) is 25.7 Å². The lowest BCUT2D eigenvalue weighted by Crippen LogP contribution is -1.87. The molecule has 9 heavy (non-hydrogen) atoms. The van der Waals surface area contributed by atoms with E-state index in [1.54, 1.807) is 0 Å². The zero-order valence-electron chi connectivity index (χ0n) is 5.26. The predicted molar refractivity (Wildman–Crippen MR) is 33.3 cm³/mol. The third-order valence-electron chi connectivity index (χ3n) is 0.249. The van der Waals surface area contributed by atoms with E-state index in [1.807, 2.05) is 0 Å². The lowest BCUT2D eigenvalue weighted by Gasteiger charge is -1.83. The van der Waals surface area contributed by atoms with Crippen LogP contribution >= 0.6 is 0 Å². The van der Waals surface area contributed by atoms with Gasteiger partial charge in [-0.2, -0.15) is 0 Å². The van der Waals surface area contributed by atoms with Crippen molar-refractivity contribution in [1.82, 2.24) is 0 Å². The second-order valence-electron chi connectivity index (χ2n) is 0.930. The van der Waals surface area contributed by atoms with Gasteiger partial charge in [-0.15, -0.1) is 0 Å². The molecule has 0 amide bonds. The van der Waals surface area contributed by atoms with E-state index in [4.69, 9.17) is 0 Å². The lowest BCUT2D eigenvalue weighted by atomic mass is 10.8. The molecule has 0 bridgehead atoms. The van der Waals surface area contributed by atoms with Crippen molar-refractivity contribution in [2.75, 3.05) is 0 Å². The molecule has 0 aliphatic carbocycles. The number of hydrogen-bond acceptors (Lipinski definition) is 2. The number of halogens is 1. The summed E-state index contributed by atoms with van der Waals surface area (Å²) < 4.78 is 14.2. The summed E-state index contributed by atoms with van der Waals surface area (Å²) in [5.74, 6) is -0.329. The summed E-state index contributed by atoms with van der Waals surface area (Å²) in [6, 6.07) is 0. The van der Waals surface area contributed by atoms with Crippen molar-refractivity contribution < 1.29 is 13.9 Å². The quantitative estimate of drug-likeness (QED) is 0.401. The van der Waals surface area contributed by atoms with E-state index in [-0.39, 0.29) is 12.3 Å². The first kappa shape index (κ1) is 10.8. The minimum absolute atomic E-state index is 0.250. The highest BCUT2D eigenvalue weighted by atomic mass is 19.1. The number of carbonyl (C=O) groups is 1. The van der Waals surface area contributed by atoms with Gasteiger partial charge < -0.3 is 4.74 Å². The maximum Gasteiger partial charge on any atom is 0.307 e. The third-order valence-corrected chi connectivity index (χ3v) is 0.249. The predicted octanol–water partition coefficient (Wildman–Crippen LogP) is 1.79. The molecule has 0 N–H and O–H groups in total. The van der Waals surface area contributed by atoms with Gasteiger partial charge in [-0.3, -0.25) is 4.79 Å². The Morgan fingerprint density at radius 3 is 2.00 bits per heavy atom. The van der Waals surface area contributed by atoms with E-state index in [0.29, 0.717) is 0 Å². The molecule has 2 nitrogen and oxygen atoms in total. The lowest BCUT2D eigenvalue weighted by molar-refractivity contribution is -0.135. The number of carbonyl (C=O) groups excluding carboxylic acids is 1. The Morgan fingerprint density at radius 2 is 2.00 bits per heavy atom. The molecule has 0 aliphatic rings. The van der Waals surface area contributed by atoms with Crippen molar-refractivity contribution in [1.29, 1.82) is 0 Å². The topological polar surface area (TPSA) is 26.3 Å². The molecule has 0 spiro atoms. The second-order valence-corrected chi connectivity index (χ2v) is 0.930. The van der Waals surface area contributed by atoms with E-state index in [2.05, 4.69) is 17.9 Å². The van der Waals surface area contributed by atoms with Gasteiger partial charge in [-0.25, -0.2) is 4.39 Å². The molecular weight excluding hydrogens is 123 g/mol. The molecule has 52 valence electrons. The van der Waals surface area contributed by atoms with Crippen LogP contribution in [0.5, 0.6) is 0 Å².